The molecule has 2 aliphatic heterocycles. The Morgan fingerprint density at radius 2 is 1.90 bits per heavy atom. The predicted molar refractivity (Wildman–Crippen MR) is 117 cm³/mol. The monoisotopic (exact) mass is 440 g/mol. The number of carbonyl (C=O) groups is 3. The van der Waals surface area contributed by atoms with Crippen molar-refractivity contribution in [2.45, 2.75) is 32.5 Å². The van der Waals surface area contributed by atoms with Crippen molar-refractivity contribution in [1.82, 2.24) is 9.80 Å². The summed E-state index contributed by atoms with van der Waals surface area (Å²) in [6.07, 6.45) is -0.959. The minimum absolute atomic E-state index is 0.115. The summed E-state index contributed by atoms with van der Waals surface area (Å²) < 4.78 is 11.5. The smallest absolute Gasteiger partial charge is 0.292 e. The van der Waals surface area contributed by atoms with Crippen molar-refractivity contribution in [1.29, 1.82) is 0 Å². The zero-order valence-corrected chi connectivity index (χ0v) is 18.3. The third-order valence-corrected chi connectivity index (χ3v) is 6.12. The summed E-state index contributed by atoms with van der Waals surface area (Å²) in [6.45, 7) is 4.96. The first-order chi connectivity index (χ1) is 14.9. The Kier molecular flexibility index (Phi) is 6.29. The van der Waals surface area contributed by atoms with Crippen molar-refractivity contribution < 1.29 is 23.9 Å². The van der Waals surface area contributed by atoms with Crippen LogP contribution in [0.2, 0.25) is 0 Å². The summed E-state index contributed by atoms with van der Waals surface area (Å²) >= 11 is 0.655. The lowest BCUT2D eigenvalue weighted by Gasteiger charge is -2.30. The van der Waals surface area contributed by atoms with Crippen molar-refractivity contribution >= 4 is 28.0 Å². The van der Waals surface area contributed by atoms with Crippen LogP contribution in [0.3, 0.4) is 0 Å². The minimum Gasteiger partial charge on any atom is -0.472 e. The number of amides is 2. The van der Waals surface area contributed by atoms with Crippen LogP contribution in [0.4, 0.5) is 4.79 Å². The molecular formula is C23H24N2O5S. The fourth-order valence-corrected chi connectivity index (χ4v) is 4.26. The lowest BCUT2D eigenvalue weighted by molar-refractivity contribution is -0.130. The maximum Gasteiger partial charge on any atom is 0.292 e. The quantitative estimate of drug-likeness (QED) is 0.651. The zero-order valence-electron chi connectivity index (χ0n) is 17.4. The van der Waals surface area contributed by atoms with Crippen LogP contribution in [0.5, 0.6) is 5.75 Å². The van der Waals surface area contributed by atoms with Gasteiger partial charge in [-0.3, -0.25) is 19.3 Å². The number of hydrogen-bond donors (Lipinski definition) is 0. The Labute approximate surface area is 185 Å². The average molecular weight is 441 g/mol. The van der Waals surface area contributed by atoms with Crippen LogP contribution < -0.4 is 4.74 Å². The molecule has 0 saturated carbocycles. The lowest BCUT2D eigenvalue weighted by Crippen LogP contribution is -2.43. The molecule has 31 heavy (non-hydrogen) atoms. The van der Waals surface area contributed by atoms with E-state index in [4.69, 9.17) is 9.47 Å². The molecule has 2 aromatic rings. The molecule has 8 heteroatoms. The van der Waals surface area contributed by atoms with Gasteiger partial charge in [-0.1, -0.05) is 50.2 Å². The lowest BCUT2D eigenvalue weighted by atomic mass is 10.00. The molecule has 0 aliphatic carbocycles. The number of nitrogens with zero attached hydrogens (tertiary/aromatic N) is 2. The van der Waals surface area contributed by atoms with Gasteiger partial charge in [0.05, 0.1) is 12.2 Å². The Balaban J connectivity index is 1.36. The molecule has 1 saturated heterocycles. The summed E-state index contributed by atoms with van der Waals surface area (Å²) in [5, 5.41) is -0.667. The van der Waals surface area contributed by atoms with E-state index in [1.165, 1.54) is 9.80 Å². The first-order valence-electron chi connectivity index (χ1n) is 10.2. The van der Waals surface area contributed by atoms with Gasteiger partial charge in [-0.25, -0.2) is 0 Å². The molecule has 4 rings (SSSR count). The van der Waals surface area contributed by atoms with Crippen LogP contribution in [0.15, 0.2) is 48.5 Å². The van der Waals surface area contributed by atoms with E-state index in [1.807, 2.05) is 42.5 Å². The van der Waals surface area contributed by atoms with Crippen LogP contribution in [0.25, 0.3) is 0 Å². The van der Waals surface area contributed by atoms with Crippen molar-refractivity contribution in [2.24, 2.45) is 0 Å². The summed E-state index contributed by atoms with van der Waals surface area (Å²) in [5.41, 5.74) is 2.55. The fourth-order valence-electron chi connectivity index (χ4n) is 3.51. The number of carbonyl (C=O) groups excluding carboxylic acids is 3. The van der Waals surface area contributed by atoms with Crippen LogP contribution in [-0.2, 0) is 16.1 Å². The van der Waals surface area contributed by atoms with Crippen LogP contribution in [0, 0.1) is 0 Å². The van der Waals surface area contributed by atoms with Gasteiger partial charge in [0.25, 0.3) is 11.1 Å². The normalized spacial score (nSPS) is 18.5. The SMILES string of the molecule is CC(C)c1ccc2c(c1)OCN(CCOC1C(=O)SC(=O)N1Cc1ccccc1)C2=O. The molecular weight excluding hydrogens is 416 g/mol. The van der Waals surface area contributed by atoms with Crippen molar-refractivity contribution in [3.05, 3.63) is 65.2 Å². The van der Waals surface area contributed by atoms with E-state index < -0.39 is 6.23 Å². The molecule has 162 valence electrons. The Morgan fingerprint density at radius 3 is 2.65 bits per heavy atom. The maximum atomic E-state index is 12.8. The standard InChI is InChI=1S/C23H24N2O5S/c1-15(2)17-8-9-18-19(12-17)30-14-24(20(18)26)10-11-29-21-22(27)31-23(28)25(21)13-16-6-4-3-5-7-16/h3-9,12,15,21H,10-11,13-14H2,1-2H3. The predicted octanol–water partition coefficient (Wildman–Crippen LogP) is 3.84. The second kappa shape index (κ2) is 9.11. The maximum absolute atomic E-state index is 12.8. The second-order valence-electron chi connectivity index (χ2n) is 7.78. The molecule has 0 aromatic heterocycles. The molecule has 7 nitrogen and oxygen atoms in total. The average Bonchev–Trinajstić information content (AvgIpc) is 3.02. The van der Waals surface area contributed by atoms with Gasteiger partial charge < -0.3 is 14.4 Å². The highest BCUT2D eigenvalue weighted by Gasteiger charge is 2.40. The van der Waals surface area contributed by atoms with Crippen molar-refractivity contribution in [3.8, 4) is 5.75 Å². The fraction of sp³-hybridized carbons (Fsp3) is 0.348. The van der Waals surface area contributed by atoms with E-state index in [1.54, 1.807) is 6.07 Å². The van der Waals surface area contributed by atoms with Crippen molar-refractivity contribution in [3.63, 3.8) is 0 Å². The molecule has 2 aliphatic rings. The second-order valence-corrected chi connectivity index (χ2v) is 8.73. The number of benzene rings is 2. The van der Waals surface area contributed by atoms with E-state index in [2.05, 4.69) is 13.8 Å². The Hall–Kier alpha value is -2.84. The Morgan fingerprint density at radius 1 is 1.13 bits per heavy atom. The molecule has 2 heterocycles. The molecule has 1 fully saturated rings. The number of fused-ring (bicyclic) bond motifs is 1. The molecule has 2 aromatic carbocycles. The van der Waals surface area contributed by atoms with E-state index in [9.17, 15) is 14.4 Å². The molecule has 0 bridgehead atoms. The van der Waals surface area contributed by atoms with E-state index in [0.717, 1.165) is 11.1 Å². The number of ether oxygens (including phenoxy) is 2. The van der Waals surface area contributed by atoms with Gasteiger partial charge in [-0.05, 0) is 29.2 Å². The molecule has 0 spiro atoms. The highest BCUT2D eigenvalue weighted by Crippen LogP contribution is 2.30. The van der Waals surface area contributed by atoms with Gasteiger partial charge >= 0.3 is 0 Å². The third kappa shape index (κ3) is 4.60. The van der Waals surface area contributed by atoms with Crippen LogP contribution in [0.1, 0.15) is 41.3 Å². The van der Waals surface area contributed by atoms with Gasteiger partial charge in [-0.2, -0.15) is 0 Å². The minimum atomic E-state index is -0.959. The Bertz CT molecular complexity index is 995. The molecule has 1 unspecified atom stereocenters. The van der Waals surface area contributed by atoms with Crippen molar-refractivity contribution in [2.75, 3.05) is 19.9 Å². The summed E-state index contributed by atoms with van der Waals surface area (Å²) in [7, 11) is 0. The topological polar surface area (TPSA) is 76.2 Å². The summed E-state index contributed by atoms with van der Waals surface area (Å²) in [4.78, 5) is 40.2. The zero-order chi connectivity index (χ0) is 22.0. The third-order valence-electron chi connectivity index (χ3n) is 5.31. The van der Waals surface area contributed by atoms with E-state index >= 15 is 0 Å². The van der Waals surface area contributed by atoms with Gasteiger partial charge in [0.15, 0.2) is 6.73 Å². The van der Waals surface area contributed by atoms with Crippen LogP contribution in [-0.4, -0.2) is 52.2 Å². The van der Waals surface area contributed by atoms with E-state index in [0.29, 0.717) is 35.5 Å². The van der Waals surface area contributed by atoms with Gasteiger partial charge in [0, 0.05) is 24.9 Å². The highest BCUT2D eigenvalue weighted by molar-refractivity contribution is 8.26. The largest absolute Gasteiger partial charge is 0.472 e. The number of rotatable bonds is 7. The molecule has 2 amide bonds. The number of thioether (sulfide) groups is 1. The van der Waals surface area contributed by atoms with Gasteiger partial charge in [-0.15, -0.1) is 0 Å². The first-order valence-corrected chi connectivity index (χ1v) is 11.0. The first kappa shape index (κ1) is 21.4. The van der Waals surface area contributed by atoms with Gasteiger partial charge in [0.2, 0.25) is 11.3 Å². The highest BCUT2D eigenvalue weighted by atomic mass is 32.2. The number of hydrogen-bond acceptors (Lipinski definition) is 6. The van der Waals surface area contributed by atoms with Crippen LogP contribution >= 0.6 is 11.8 Å². The van der Waals surface area contributed by atoms with E-state index in [-0.39, 0.29) is 36.1 Å². The summed E-state index contributed by atoms with van der Waals surface area (Å²) in [5.74, 6) is 0.804. The molecule has 0 radical (unpaired) electrons. The summed E-state index contributed by atoms with van der Waals surface area (Å²) in [6, 6.07) is 15.1. The molecule has 0 N–H and O–H groups in total. The molecule has 1 atom stereocenters. The van der Waals surface area contributed by atoms with Gasteiger partial charge in [0.1, 0.15) is 5.75 Å².